The van der Waals surface area contributed by atoms with Gasteiger partial charge in [-0.1, -0.05) is 6.07 Å². The summed E-state index contributed by atoms with van der Waals surface area (Å²) in [7, 11) is 0. The standard InChI is InChI=1S/C13H14F2N2/c1-9(17-8-10-4-3-7-16-10)13-11(14)5-2-6-12(13)15/h2-7,9,16-17H,8H2,1H3. The Hall–Kier alpha value is -1.68. The Morgan fingerprint density at radius 1 is 1.18 bits per heavy atom. The lowest BCUT2D eigenvalue weighted by Gasteiger charge is -2.15. The second-order valence-electron chi connectivity index (χ2n) is 3.93. The van der Waals surface area contributed by atoms with Gasteiger partial charge >= 0.3 is 0 Å². The molecule has 1 unspecified atom stereocenters. The maximum atomic E-state index is 13.5. The van der Waals surface area contributed by atoms with Crippen molar-refractivity contribution in [2.24, 2.45) is 0 Å². The Balaban J connectivity index is 2.07. The molecule has 0 bridgehead atoms. The van der Waals surface area contributed by atoms with E-state index in [0.29, 0.717) is 6.54 Å². The van der Waals surface area contributed by atoms with Crippen LogP contribution in [0.5, 0.6) is 0 Å². The maximum absolute atomic E-state index is 13.5. The molecule has 0 saturated carbocycles. The number of benzene rings is 1. The summed E-state index contributed by atoms with van der Waals surface area (Å²) in [5, 5.41) is 3.07. The fourth-order valence-corrected chi connectivity index (χ4v) is 1.77. The van der Waals surface area contributed by atoms with E-state index in [9.17, 15) is 8.78 Å². The Morgan fingerprint density at radius 3 is 2.47 bits per heavy atom. The van der Waals surface area contributed by atoms with Crippen molar-refractivity contribution in [2.75, 3.05) is 0 Å². The van der Waals surface area contributed by atoms with Crippen molar-refractivity contribution in [3.8, 4) is 0 Å². The third kappa shape index (κ3) is 2.71. The van der Waals surface area contributed by atoms with Crippen LogP contribution < -0.4 is 5.32 Å². The van der Waals surface area contributed by atoms with Crippen LogP contribution in [0, 0.1) is 11.6 Å². The second-order valence-corrected chi connectivity index (χ2v) is 3.93. The highest BCUT2D eigenvalue weighted by molar-refractivity contribution is 5.22. The largest absolute Gasteiger partial charge is 0.364 e. The van der Waals surface area contributed by atoms with E-state index in [0.717, 1.165) is 5.69 Å². The van der Waals surface area contributed by atoms with Crippen LogP contribution in [0.1, 0.15) is 24.2 Å². The molecular formula is C13H14F2N2. The van der Waals surface area contributed by atoms with Crippen LogP contribution in [0.15, 0.2) is 36.5 Å². The summed E-state index contributed by atoms with van der Waals surface area (Å²) in [5.41, 5.74) is 1.06. The molecule has 17 heavy (non-hydrogen) atoms. The van der Waals surface area contributed by atoms with Gasteiger partial charge in [-0.25, -0.2) is 8.78 Å². The molecule has 2 N–H and O–H groups in total. The fraction of sp³-hybridized carbons (Fsp3) is 0.231. The van der Waals surface area contributed by atoms with Crippen molar-refractivity contribution in [1.82, 2.24) is 10.3 Å². The van der Waals surface area contributed by atoms with E-state index in [2.05, 4.69) is 10.3 Å². The van der Waals surface area contributed by atoms with E-state index >= 15 is 0 Å². The predicted molar refractivity (Wildman–Crippen MR) is 62.4 cm³/mol. The number of halogens is 2. The second kappa shape index (κ2) is 5.10. The summed E-state index contributed by atoms with van der Waals surface area (Å²) in [6, 6.07) is 7.32. The molecule has 1 aromatic carbocycles. The average Bonchev–Trinajstić information content (AvgIpc) is 2.79. The molecule has 1 aromatic heterocycles. The quantitative estimate of drug-likeness (QED) is 0.838. The van der Waals surface area contributed by atoms with Crippen LogP contribution >= 0.6 is 0 Å². The smallest absolute Gasteiger partial charge is 0.130 e. The first-order chi connectivity index (χ1) is 8.18. The number of rotatable bonds is 4. The Kier molecular flexibility index (Phi) is 3.54. The van der Waals surface area contributed by atoms with E-state index in [1.54, 1.807) is 6.92 Å². The summed E-state index contributed by atoms with van der Waals surface area (Å²) in [5.74, 6) is -1.03. The summed E-state index contributed by atoms with van der Waals surface area (Å²) >= 11 is 0. The lowest BCUT2D eigenvalue weighted by molar-refractivity contribution is 0.486. The SMILES string of the molecule is CC(NCc1ccc[nH]1)c1c(F)cccc1F. The van der Waals surface area contributed by atoms with Gasteiger partial charge in [-0.2, -0.15) is 0 Å². The molecule has 0 radical (unpaired) electrons. The third-order valence-electron chi connectivity index (χ3n) is 2.69. The lowest BCUT2D eigenvalue weighted by atomic mass is 10.1. The highest BCUT2D eigenvalue weighted by atomic mass is 19.1. The van der Waals surface area contributed by atoms with Crippen molar-refractivity contribution in [3.05, 3.63) is 59.4 Å². The molecule has 0 aliphatic rings. The van der Waals surface area contributed by atoms with Gasteiger partial charge in [-0.05, 0) is 31.2 Å². The Morgan fingerprint density at radius 2 is 1.88 bits per heavy atom. The molecule has 0 amide bonds. The van der Waals surface area contributed by atoms with E-state index < -0.39 is 11.6 Å². The van der Waals surface area contributed by atoms with Gasteiger partial charge in [-0.15, -0.1) is 0 Å². The molecule has 2 rings (SSSR count). The lowest BCUT2D eigenvalue weighted by Crippen LogP contribution is -2.20. The summed E-state index contributed by atoms with van der Waals surface area (Å²) < 4.78 is 27.0. The molecule has 90 valence electrons. The summed E-state index contributed by atoms with van der Waals surface area (Å²) in [6.07, 6.45) is 1.81. The zero-order chi connectivity index (χ0) is 12.3. The first-order valence-electron chi connectivity index (χ1n) is 5.48. The Labute approximate surface area is 98.7 Å². The maximum Gasteiger partial charge on any atom is 0.130 e. The molecule has 4 heteroatoms. The molecule has 1 heterocycles. The molecule has 0 saturated heterocycles. The van der Waals surface area contributed by atoms with E-state index in [1.807, 2.05) is 18.3 Å². The van der Waals surface area contributed by atoms with Crippen molar-refractivity contribution < 1.29 is 8.78 Å². The normalized spacial score (nSPS) is 12.6. The van der Waals surface area contributed by atoms with E-state index in [1.165, 1.54) is 18.2 Å². The predicted octanol–water partition coefficient (Wildman–Crippen LogP) is 3.14. The van der Waals surface area contributed by atoms with Crippen molar-refractivity contribution in [3.63, 3.8) is 0 Å². The first-order valence-corrected chi connectivity index (χ1v) is 5.48. The van der Waals surface area contributed by atoms with Gasteiger partial charge in [0, 0.05) is 30.0 Å². The van der Waals surface area contributed by atoms with Crippen LogP contribution in [0.25, 0.3) is 0 Å². The topological polar surface area (TPSA) is 27.8 Å². The van der Waals surface area contributed by atoms with Gasteiger partial charge in [0.25, 0.3) is 0 Å². The molecule has 1 atom stereocenters. The van der Waals surface area contributed by atoms with Crippen LogP contribution in [0.2, 0.25) is 0 Å². The molecule has 0 aliphatic carbocycles. The minimum Gasteiger partial charge on any atom is -0.364 e. The van der Waals surface area contributed by atoms with Crippen LogP contribution in [0.3, 0.4) is 0 Å². The van der Waals surface area contributed by atoms with Gasteiger partial charge < -0.3 is 10.3 Å². The number of H-pyrrole nitrogens is 1. The van der Waals surface area contributed by atoms with Gasteiger partial charge in [0.15, 0.2) is 0 Å². The molecule has 0 spiro atoms. The zero-order valence-electron chi connectivity index (χ0n) is 9.50. The monoisotopic (exact) mass is 236 g/mol. The minimum absolute atomic E-state index is 0.0825. The number of aromatic nitrogens is 1. The van der Waals surface area contributed by atoms with E-state index in [-0.39, 0.29) is 11.6 Å². The average molecular weight is 236 g/mol. The first kappa shape index (κ1) is 11.8. The van der Waals surface area contributed by atoms with Gasteiger partial charge in [0.2, 0.25) is 0 Å². The van der Waals surface area contributed by atoms with Crippen molar-refractivity contribution >= 4 is 0 Å². The molecule has 0 fully saturated rings. The summed E-state index contributed by atoms with van der Waals surface area (Å²) in [4.78, 5) is 3.02. The molecular weight excluding hydrogens is 222 g/mol. The number of hydrogen-bond acceptors (Lipinski definition) is 1. The number of aromatic amines is 1. The Bertz CT molecular complexity index is 460. The van der Waals surface area contributed by atoms with Crippen molar-refractivity contribution in [2.45, 2.75) is 19.5 Å². The highest BCUT2D eigenvalue weighted by Crippen LogP contribution is 2.20. The fourth-order valence-electron chi connectivity index (χ4n) is 1.77. The number of hydrogen-bond donors (Lipinski definition) is 2. The van der Waals surface area contributed by atoms with E-state index in [4.69, 9.17) is 0 Å². The highest BCUT2D eigenvalue weighted by Gasteiger charge is 2.15. The van der Waals surface area contributed by atoms with Crippen molar-refractivity contribution in [1.29, 1.82) is 0 Å². The van der Waals surface area contributed by atoms with Gasteiger partial charge in [-0.3, -0.25) is 0 Å². The minimum atomic E-state index is -0.517. The summed E-state index contributed by atoms with van der Waals surface area (Å²) in [6.45, 7) is 2.28. The molecule has 2 aromatic rings. The van der Waals surface area contributed by atoms with Gasteiger partial charge in [0.1, 0.15) is 11.6 Å². The number of nitrogens with one attached hydrogen (secondary N) is 2. The molecule has 2 nitrogen and oxygen atoms in total. The third-order valence-corrected chi connectivity index (χ3v) is 2.69. The van der Waals surface area contributed by atoms with Crippen LogP contribution in [-0.2, 0) is 6.54 Å². The van der Waals surface area contributed by atoms with Crippen LogP contribution in [-0.4, -0.2) is 4.98 Å². The van der Waals surface area contributed by atoms with Gasteiger partial charge in [0.05, 0.1) is 0 Å². The van der Waals surface area contributed by atoms with Crippen LogP contribution in [0.4, 0.5) is 8.78 Å². The zero-order valence-corrected chi connectivity index (χ0v) is 9.50. The molecule has 0 aliphatic heterocycles.